The van der Waals surface area contributed by atoms with Gasteiger partial charge in [0.15, 0.2) is 11.6 Å². The average Bonchev–Trinajstić information content (AvgIpc) is 3.72. The normalized spacial score (nSPS) is 13.7. The van der Waals surface area contributed by atoms with Crippen LogP contribution in [-0.2, 0) is 4.79 Å². The maximum Gasteiger partial charge on any atom is 0.295 e. The molecular weight excluding hydrogens is 494 g/mol. The minimum Gasteiger partial charge on any atom is -0.494 e. The second-order valence-corrected chi connectivity index (χ2v) is 8.42. The number of carbonyl (C=O) groups is 2. The van der Waals surface area contributed by atoms with Gasteiger partial charge in [-0.2, -0.15) is 14.9 Å². The van der Waals surface area contributed by atoms with Crippen LogP contribution in [-0.4, -0.2) is 105 Å². The van der Waals surface area contributed by atoms with Gasteiger partial charge < -0.3 is 19.5 Å². The summed E-state index contributed by atoms with van der Waals surface area (Å²) in [5.41, 5.74) is 0.697. The van der Waals surface area contributed by atoms with E-state index in [1.54, 1.807) is 25.3 Å². The maximum atomic E-state index is 13.4. The minimum atomic E-state index is -0.653. The summed E-state index contributed by atoms with van der Waals surface area (Å²) in [6, 6.07) is 3.48. The molecule has 1 fully saturated rings. The Hall–Kier alpha value is -5.28. The number of rotatable bonds is 6. The van der Waals surface area contributed by atoms with Crippen LogP contribution in [0, 0.1) is 6.92 Å². The summed E-state index contributed by atoms with van der Waals surface area (Å²) in [4.78, 5) is 41.7. The largest absolute Gasteiger partial charge is 0.494 e. The molecule has 0 bridgehead atoms. The molecule has 1 amide bonds. The fraction of sp³-hybridized carbons (Fsp3) is 0.273. The molecule has 6 heterocycles. The number of carbonyl (C=O) groups excluding carboxylic acids is 2. The summed E-state index contributed by atoms with van der Waals surface area (Å²) in [5, 5.41) is 24.5. The number of ketones is 1. The Labute approximate surface area is 214 Å². The van der Waals surface area contributed by atoms with E-state index in [-0.39, 0.29) is 5.56 Å². The van der Waals surface area contributed by atoms with Crippen molar-refractivity contribution in [1.82, 2.24) is 60.0 Å². The number of hydrogen-bond donors (Lipinski definition) is 1. The minimum absolute atomic E-state index is 0.191. The lowest BCUT2D eigenvalue weighted by Gasteiger charge is -2.34. The average molecular weight is 515 g/mol. The summed E-state index contributed by atoms with van der Waals surface area (Å²) < 4.78 is 8.44. The SMILES string of the molecule is COc1cnc(-n2cnc(C)n2)c2[nH]cc(C(=O)C(=O)N3CCN(c4nnnn4-c4cccnn4)CC3)c12. The fourth-order valence-corrected chi connectivity index (χ4v) is 4.36. The summed E-state index contributed by atoms with van der Waals surface area (Å²) >= 11 is 0. The molecule has 1 aliphatic rings. The number of nitrogens with zero attached hydrogens (tertiary/aromatic N) is 12. The third kappa shape index (κ3) is 3.87. The van der Waals surface area contributed by atoms with Gasteiger partial charge in [0.05, 0.1) is 29.8 Å². The second kappa shape index (κ2) is 9.30. The van der Waals surface area contributed by atoms with Crippen LogP contribution in [0.3, 0.4) is 0 Å². The fourth-order valence-electron chi connectivity index (χ4n) is 4.36. The molecule has 16 nitrogen and oxygen atoms in total. The second-order valence-electron chi connectivity index (χ2n) is 8.42. The molecule has 0 aromatic carbocycles. The van der Waals surface area contributed by atoms with Crippen LogP contribution in [0.15, 0.2) is 37.1 Å². The predicted octanol–water partition coefficient (Wildman–Crippen LogP) is -0.242. The lowest BCUT2D eigenvalue weighted by molar-refractivity contribution is -0.126. The molecule has 5 aromatic rings. The van der Waals surface area contributed by atoms with E-state index in [4.69, 9.17) is 4.74 Å². The molecule has 0 radical (unpaired) electrons. The van der Waals surface area contributed by atoms with Gasteiger partial charge in [0.1, 0.15) is 17.9 Å². The van der Waals surface area contributed by atoms with Crippen molar-refractivity contribution in [2.75, 3.05) is 38.2 Å². The summed E-state index contributed by atoms with van der Waals surface area (Å²) in [6.07, 6.45) is 6.07. The highest BCUT2D eigenvalue weighted by molar-refractivity contribution is 6.45. The number of aromatic amines is 1. The van der Waals surface area contributed by atoms with Gasteiger partial charge in [-0.3, -0.25) is 9.59 Å². The molecule has 1 aliphatic heterocycles. The van der Waals surface area contributed by atoms with Crippen LogP contribution in [0.25, 0.3) is 22.5 Å². The van der Waals surface area contributed by atoms with Gasteiger partial charge in [0, 0.05) is 38.6 Å². The molecule has 0 unspecified atom stereocenters. The molecule has 0 spiro atoms. The molecule has 16 heteroatoms. The van der Waals surface area contributed by atoms with Gasteiger partial charge in [0.2, 0.25) is 0 Å². The highest BCUT2D eigenvalue weighted by Gasteiger charge is 2.31. The van der Waals surface area contributed by atoms with Crippen molar-refractivity contribution in [3.8, 4) is 17.4 Å². The van der Waals surface area contributed by atoms with Gasteiger partial charge in [-0.05, 0) is 29.5 Å². The number of H-pyrrole nitrogens is 1. The lowest BCUT2D eigenvalue weighted by Crippen LogP contribution is -2.51. The highest BCUT2D eigenvalue weighted by Crippen LogP contribution is 2.32. The predicted molar refractivity (Wildman–Crippen MR) is 130 cm³/mol. The smallest absolute Gasteiger partial charge is 0.295 e. The first kappa shape index (κ1) is 23.1. The van der Waals surface area contributed by atoms with Crippen LogP contribution >= 0.6 is 0 Å². The zero-order valence-corrected chi connectivity index (χ0v) is 20.4. The van der Waals surface area contributed by atoms with E-state index in [0.29, 0.717) is 66.2 Å². The number of aryl methyl sites for hydroxylation is 1. The standard InChI is InChI=1S/C22H21N13O3/c1-13-25-12-34(29-13)20-18-17(15(38-2)11-24-20)14(10-23-18)19(36)21(37)32-6-8-33(9-7-32)22-28-30-31-35(22)16-4-3-5-26-27-16/h3-5,10-12,23H,6-9H2,1-2H3. The Morgan fingerprint density at radius 2 is 1.95 bits per heavy atom. The number of amides is 1. The third-order valence-electron chi connectivity index (χ3n) is 6.21. The monoisotopic (exact) mass is 515 g/mol. The molecule has 0 aliphatic carbocycles. The van der Waals surface area contributed by atoms with Crippen LogP contribution in [0.5, 0.6) is 5.75 Å². The first-order valence-corrected chi connectivity index (χ1v) is 11.6. The highest BCUT2D eigenvalue weighted by atomic mass is 16.5. The van der Waals surface area contributed by atoms with Crippen molar-refractivity contribution in [2.45, 2.75) is 6.92 Å². The number of ether oxygens (including phenoxy) is 1. The number of methoxy groups -OCH3 is 1. The Balaban J connectivity index is 1.22. The summed E-state index contributed by atoms with van der Waals surface area (Å²) in [5.74, 6) is 1.05. The number of anilines is 1. The number of nitrogens with one attached hydrogen (secondary N) is 1. The van der Waals surface area contributed by atoms with E-state index in [2.05, 4.69) is 45.8 Å². The number of pyridine rings is 1. The number of hydrogen-bond acceptors (Lipinski definition) is 12. The van der Waals surface area contributed by atoms with Gasteiger partial charge in [-0.1, -0.05) is 5.10 Å². The first-order valence-electron chi connectivity index (χ1n) is 11.6. The molecular formula is C22H21N13O3. The van der Waals surface area contributed by atoms with Crippen molar-refractivity contribution in [1.29, 1.82) is 0 Å². The number of fused-ring (bicyclic) bond motifs is 1. The number of aromatic nitrogens is 11. The van der Waals surface area contributed by atoms with Crippen LogP contribution < -0.4 is 9.64 Å². The van der Waals surface area contributed by atoms with Crippen molar-refractivity contribution < 1.29 is 14.3 Å². The van der Waals surface area contributed by atoms with Gasteiger partial charge in [-0.25, -0.2) is 14.6 Å². The van der Waals surface area contributed by atoms with Gasteiger partial charge >= 0.3 is 0 Å². The Morgan fingerprint density at radius 1 is 1.11 bits per heavy atom. The molecule has 1 N–H and O–H groups in total. The van der Waals surface area contributed by atoms with Gasteiger partial charge in [0.25, 0.3) is 17.6 Å². The Morgan fingerprint density at radius 3 is 2.66 bits per heavy atom. The molecule has 5 aromatic heterocycles. The van der Waals surface area contributed by atoms with E-state index in [1.807, 2.05) is 4.90 Å². The topological polar surface area (TPSA) is 179 Å². The quantitative estimate of drug-likeness (QED) is 0.232. The van der Waals surface area contributed by atoms with Crippen molar-refractivity contribution in [2.24, 2.45) is 0 Å². The van der Waals surface area contributed by atoms with Crippen molar-refractivity contribution >= 4 is 28.5 Å². The first-order chi connectivity index (χ1) is 18.5. The van der Waals surface area contributed by atoms with E-state index in [1.165, 1.54) is 40.1 Å². The van der Waals surface area contributed by atoms with Crippen molar-refractivity contribution in [3.63, 3.8) is 0 Å². The number of piperazine rings is 1. The van der Waals surface area contributed by atoms with Gasteiger partial charge in [-0.15, -0.1) is 5.10 Å². The maximum absolute atomic E-state index is 13.4. The van der Waals surface area contributed by atoms with Crippen LogP contribution in [0.1, 0.15) is 16.2 Å². The molecule has 38 heavy (non-hydrogen) atoms. The third-order valence-corrected chi connectivity index (χ3v) is 6.21. The zero-order chi connectivity index (χ0) is 26.2. The van der Waals surface area contributed by atoms with Crippen LogP contribution in [0.2, 0.25) is 0 Å². The van der Waals surface area contributed by atoms with Crippen molar-refractivity contribution in [3.05, 3.63) is 48.4 Å². The number of tetrazole rings is 1. The molecule has 0 atom stereocenters. The Bertz CT molecular complexity index is 1630. The lowest BCUT2D eigenvalue weighted by atomic mass is 10.1. The molecule has 1 saturated heterocycles. The van der Waals surface area contributed by atoms with E-state index in [0.717, 1.165) is 0 Å². The van der Waals surface area contributed by atoms with E-state index >= 15 is 0 Å². The summed E-state index contributed by atoms with van der Waals surface area (Å²) in [6.45, 7) is 3.23. The van der Waals surface area contributed by atoms with Crippen LogP contribution in [0.4, 0.5) is 5.95 Å². The van der Waals surface area contributed by atoms with E-state index in [9.17, 15) is 9.59 Å². The molecule has 192 valence electrons. The zero-order valence-electron chi connectivity index (χ0n) is 20.4. The van der Waals surface area contributed by atoms with E-state index < -0.39 is 11.7 Å². The number of Topliss-reactive ketones (excluding diaryl/α,β-unsaturated/α-hetero) is 1. The molecule has 0 saturated carbocycles. The molecule has 6 rings (SSSR count). The summed E-state index contributed by atoms with van der Waals surface area (Å²) in [7, 11) is 1.48. The Kier molecular flexibility index (Phi) is 5.67.